The summed E-state index contributed by atoms with van der Waals surface area (Å²) in [6, 6.07) is 5.90. The third-order valence-electron chi connectivity index (χ3n) is 2.86. The number of aromatic nitrogens is 1. The molecule has 2 aromatic rings. The first kappa shape index (κ1) is 12.6. The van der Waals surface area contributed by atoms with E-state index in [1.807, 2.05) is 39.0 Å². The minimum atomic E-state index is 0.380. The van der Waals surface area contributed by atoms with Crippen LogP contribution in [0.4, 0.5) is 0 Å². The zero-order chi connectivity index (χ0) is 13.1. The monoisotopic (exact) mass is 246 g/mol. The van der Waals surface area contributed by atoms with Crippen molar-refractivity contribution in [2.75, 3.05) is 0 Å². The predicted molar refractivity (Wildman–Crippen MR) is 69.4 cm³/mol. The van der Waals surface area contributed by atoms with Gasteiger partial charge in [0.1, 0.15) is 11.5 Å². The molecule has 2 rings (SSSR count). The zero-order valence-electron chi connectivity index (χ0n) is 10.9. The molecule has 0 atom stereocenters. The van der Waals surface area contributed by atoms with Gasteiger partial charge in [0, 0.05) is 19.2 Å². The molecule has 1 aromatic carbocycles. The van der Waals surface area contributed by atoms with Gasteiger partial charge in [0.2, 0.25) is 0 Å². The first-order valence-electron chi connectivity index (χ1n) is 5.98. The molecule has 0 amide bonds. The third-order valence-corrected chi connectivity index (χ3v) is 2.86. The summed E-state index contributed by atoms with van der Waals surface area (Å²) >= 11 is 0. The predicted octanol–water partition coefficient (Wildman–Crippen LogP) is 2.60. The minimum absolute atomic E-state index is 0.380. The first-order chi connectivity index (χ1) is 8.56. The van der Waals surface area contributed by atoms with Crippen LogP contribution in [-0.2, 0) is 13.1 Å². The second-order valence-corrected chi connectivity index (χ2v) is 4.61. The Kier molecular flexibility index (Phi) is 3.67. The van der Waals surface area contributed by atoms with E-state index in [9.17, 15) is 5.11 Å². The number of rotatable bonds is 4. The smallest absolute Gasteiger partial charge is 0.133 e. The molecule has 2 N–H and O–H groups in total. The fourth-order valence-corrected chi connectivity index (χ4v) is 1.98. The standard InChI is InChI=1S/C14H18N2O2/c1-9-4-12(5-10(2)14(9)17)7-15-8-13-6-11(3)18-16-13/h4-6,15,17H,7-8H2,1-3H3. The highest BCUT2D eigenvalue weighted by atomic mass is 16.5. The Labute approximate surface area is 107 Å². The maximum atomic E-state index is 9.69. The van der Waals surface area contributed by atoms with E-state index in [2.05, 4.69) is 10.5 Å². The van der Waals surface area contributed by atoms with Gasteiger partial charge in [-0.2, -0.15) is 0 Å². The summed E-state index contributed by atoms with van der Waals surface area (Å²) in [6.45, 7) is 7.12. The first-order valence-corrected chi connectivity index (χ1v) is 5.98. The SMILES string of the molecule is Cc1cc(CNCc2cc(C)c(O)c(C)c2)no1. The molecule has 1 aromatic heterocycles. The van der Waals surface area contributed by atoms with E-state index < -0.39 is 0 Å². The summed E-state index contributed by atoms with van der Waals surface area (Å²) in [5.74, 6) is 1.20. The van der Waals surface area contributed by atoms with Crippen molar-refractivity contribution >= 4 is 0 Å². The number of nitrogens with zero attached hydrogens (tertiary/aromatic N) is 1. The molecule has 0 unspecified atom stereocenters. The van der Waals surface area contributed by atoms with Crippen LogP contribution in [-0.4, -0.2) is 10.3 Å². The maximum Gasteiger partial charge on any atom is 0.133 e. The number of nitrogens with one attached hydrogen (secondary N) is 1. The second kappa shape index (κ2) is 5.23. The third kappa shape index (κ3) is 2.90. The molecule has 18 heavy (non-hydrogen) atoms. The number of hydrogen-bond donors (Lipinski definition) is 2. The van der Waals surface area contributed by atoms with Crippen molar-refractivity contribution in [2.24, 2.45) is 0 Å². The van der Waals surface area contributed by atoms with Crippen LogP contribution in [0, 0.1) is 20.8 Å². The average Bonchev–Trinajstić information content (AvgIpc) is 2.72. The van der Waals surface area contributed by atoms with Gasteiger partial charge in [-0.1, -0.05) is 17.3 Å². The fraction of sp³-hybridized carbons (Fsp3) is 0.357. The molecule has 0 aliphatic heterocycles. The van der Waals surface area contributed by atoms with Gasteiger partial charge in [-0.15, -0.1) is 0 Å². The van der Waals surface area contributed by atoms with Crippen LogP contribution in [0.1, 0.15) is 28.1 Å². The van der Waals surface area contributed by atoms with Gasteiger partial charge in [0.25, 0.3) is 0 Å². The molecule has 0 fully saturated rings. The van der Waals surface area contributed by atoms with Crippen LogP contribution in [0.3, 0.4) is 0 Å². The topological polar surface area (TPSA) is 58.3 Å². The van der Waals surface area contributed by atoms with Crippen molar-refractivity contribution in [2.45, 2.75) is 33.9 Å². The Morgan fingerprint density at radius 2 is 1.78 bits per heavy atom. The van der Waals surface area contributed by atoms with Gasteiger partial charge in [-0.3, -0.25) is 0 Å². The number of phenolic OH excluding ortho intramolecular Hbond substituents is 1. The van der Waals surface area contributed by atoms with Crippen molar-refractivity contribution in [3.63, 3.8) is 0 Å². The van der Waals surface area contributed by atoms with E-state index in [-0.39, 0.29) is 0 Å². The highest BCUT2D eigenvalue weighted by molar-refractivity contribution is 5.42. The Morgan fingerprint density at radius 3 is 2.33 bits per heavy atom. The van der Waals surface area contributed by atoms with Crippen LogP contribution in [0.2, 0.25) is 0 Å². The molecular formula is C14H18N2O2. The van der Waals surface area contributed by atoms with Gasteiger partial charge in [0.05, 0.1) is 5.69 Å². The minimum Gasteiger partial charge on any atom is -0.507 e. The lowest BCUT2D eigenvalue weighted by molar-refractivity contribution is 0.388. The van der Waals surface area contributed by atoms with E-state index in [1.54, 1.807) is 0 Å². The van der Waals surface area contributed by atoms with Gasteiger partial charge in [0.15, 0.2) is 0 Å². The Hall–Kier alpha value is -1.81. The summed E-state index contributed by atoms with van der Waals surface area (Å²) in [7, 11) is 0. The number of benzene rings is 1. The van der Waals surface area contributed by atoms with Crippen LogP contribution >= 0.6 is 0 Å². The quantitative estimate of drug-likeness (QED) is 0.870. The van der Waals surface area contributed by atoms with Crippen LogP contribution in [0.5, 0.6) is 5.75 Å². The lowest BCUT2D eigenvalue weighted by Gasteiger charge is -2.08. The van der Waals surface area contributed by atoms with Gasteiger partial charge in [-0.25, -0.2) is 0 Å². The van der Waals surface area contributed by atoms with E-state index >= 15 is 0 Å². The largest absolute Gasteiger partial charge is 0.507 e. The Balaban J connectivity index is 1.94. The molecule has 4 heteroatoms. The summed E-state index contributed by atoms with van der Waals surface area (Å²) in [5, 5.41) is 16.9. The molecule has 96 valence electrons. The molecule has 0 aliphatic carbocycles. The van der Waals surface area contributed by atoms with Crippen LogP contribution in [0.15, 0.2) is 22.7 Å². The summed E-state index contributed by atoms with van der Waals surface area (Å²) < 4.78 is 5.00. The molecule has 4 nitrogen and oxygen atoms in total. The molecule has 0 saturated heterocycles. The number of aryl methyl sites for hydroxylation is 3. The molecule has 0 aliphatic rings. The van der Waals surface area contributed by atoms with E-state index in [0.717, 1.165) is 34.7 Å². The molecule has 0 bridgehead atoms. The fourth-order valence-electron chi connectivity index (χ4n) is 1.98. The molecule has 0 radical (unpaired) electrons. The summed E-state index contributed by atoms with van der Waals surface area (Å²) in [5.41, 5.74) is 3.87. The van der Waals surface area contributed by atoms with Gasteiger partial charge in [-0.05, 0) is 37.5 Å². The summed E-state index contributed by atoms with van der Waals surface area (Å²) in [4.78, 5) is 0. The van der Waals surface area contributed by atoms with Crippen LogP contribution < -0.4 is 5.32 Å². The molecule has 0 spiro atoms. The number of hydrogen-bond acceptors (Lipinski definition) is 4. The van der Waals surface area contributed by atoms with Gasteiger partial charge >= 0.3 is 0 Å². The molecular weight excluding hydrogens is 228 g/mol. The zero-order valence-corrected chi connectivity index (χ0v) is 10.9. The van der Waals surface area contributed by atoms with Crippen molar-refractivity contribution in [3.8, 4) is 5.75 Å². The van der Waals surface area contributed by atoms with Crippen molar-refractivity contribution in [1.82, 2.24) is 10.5 Å². The number of phenols is 1. The van der Waals surface area contributed by atoms with E-state index in [0.29, 0.717) is 12.3 Å². The highest BCUT2D eigenvalue weighted by Gasteiger charge is 2.04. The van der Waals surface area contributed by atoms with Crippen molar-refractivity contribution in [3.05, 3.63) is 46.3 Å². The Morgan fingerprint density at radius 1 is 1.11 bits per heavy atom. The summed E-state index contributed by atoms with van der Waals surface area (Å²) in [6.07, 6.45) is 0. The van der Waals surface area contributed by atoms with Gasteiger partial charge < -0.3 is 14.9 Å². The highest BCUT2D eigenvalue weighted by Crippen LogP contribution is 2.22. The lowest BCUT2D eigenvalue weighted by atomic mass is 10.1. The Bertz CT molecular complexity index is 523. The average molecular weight is 246 g/mol. The maximum absolute atomic E-state index is 9.69. The van der Waals surface area contributed by atoms with E-state index in [4.69, 9.17) is 4.52 Å². The van der Waals surface area contributed by atoms with Crippen molar-refractivity contribution in [1.29, 1.82) is 0 Å². The molecule has 1 heterocycles. The number of aromatic hydroxyl groups is 1. The lowest BCUT2D eigenvalue weighted by Crippen LogP contribution is -2.13. The van der Waals surface area contributed by atoms with Crippen LogP contribution in [0.25, 0.3) is 0 Å². The normalized spacial score (nSPS) is 10.8. The van der Waals surface area contributed by atoms with E-state index in [1.165, 1.54) is 0 Å². The molecule has 0 saturated carbocycles. The van der Waals surface area contributed by atoms with Crippen molar-refractivity contribution < 1.29 is 9.63 Å². The second-order valence-electron chi connectivity index (χ2n) is 4.61.